The van der Waals surface area contributed by atoms with Crippen LogP contribution in [0.1, 0.15) is 0 Å². The summed E-state index contributed by atoms with van der Waals surface area (Å²) in [7, 11) is -3.21. The minimum absolute atomic E-state index is 0.0480. The first kappa shape index (κ1) is 11.5. The highest BCUT2D eigenvalue weighted by Crippen LogP contribution is 1.88. The number of halogens is 1. The number of rotatable bonds is 6. The van der Waals surface area contributed by atoms with Crippen LogP contribution in [0.5, 0.6) is 0 Å². The van der Waals surface area contributed by atoms with E-state index >= 15 is 0 Å². The lowest BCUT2D eigenvalue weighted by atomic mass is 10.6. The molecule has 1 aromatic rings. The summed E-state index contributed by atoms with van der Waals surface area (Å²) in [6, 6.07) is 1.78. The van der Waals surface area contributed by atoms with Gasteiger partial charge in [-0.05, 0) is 6.07 Å². The van der Waals surface area contributed by atoms with Gasteiger partial charge >= 0.3 is 0 Å². The van der Waals surface area contributed by atoms with E-state index in [2.05, 4.69) is 9.82 Å². The average Bonchev–Trinajstić information content (AvgIpc) is 2.56. The number of alkyl halides is 1. The summed E-state index contributed by atoms with van der Waals surface area (Å²) < 4.78 is 26.3. The third-order valence-electron chi connectivity index (χ3n) is 1.57. The van der Waals surface area contributed by atoms with Crippen molar-refractivity contribution < 1.29 is 8.42 Å². The van der Waals surface area contributed by atoms with Crippen molar-refractivity contribution in [3.8, 4) is 0 Å². The van der Waals surface area contributed by atoms with E-state index in [0.717, 1.165) is 0 Å². The topological polar surface area (TPSA) is 64.0 Å². The highest BCUT2D eigenvalue weighted by atomic mass is 35.5. The lowest BCUT2D eigenvalue weighted by molar-refractivity contribution is 0.562. The van der Waals surface area contributed by atoms with Crippen molar-refractivity contribution in [2.45, 2.75) is 6.54 Å². The van der Waals surface area contributed by atoms with Gasteiger partial charge in [-0.1, -0.05) is 0 Å². The molecule has 0 unspecified atom stereocenters. The molecule has 0 aliphatic carbocycles. The number of nitrogens with zero attached hydrogens (tertiary/aromatic N) is 2. The molecule has 7 heteroatoms. The summed E-state index contributed by atoms with van der Waals surface area (Å²) in [6.45, 7) is 0.857. The van der Waals surface area contributed by atoms with Crippen molar-refractivity contribution in [2.75, 3.05) is 18.2 Å². The van der Waals surface area contributed by atoms with Crippen molar-refractivity contribution in [3.63, 3.8) is 0 Å². The second-order valence-corrected chi connectivity index (χ2v) is 4.98. The standard InChI is InChI=1S/C7H12ClN3O2S/c8-2-7-14(12,13)10-4-6-11-5-1-3-9-11/h1,3,5,10H,2,4,6-7H2. The van der Waals surface area contributed by atoms with Gasteiger partial charge < -0.3 is 0 Å². The molecule has 0 spiro atoms. The molecule has 0 fully saturated rings. The van der Waals surface area contributed by atoms with E-state index in [9.17, 15) is 8.42 Å². The number of hydrogen-bond acceptors (Lipinski definition) is 3. The van der Waals surface area contributed by atoms with Gasteiger partial charge in [-0.25, -0.2) is 13.1 Å². The maximum Gasteiger partial charge on any atom is 0.212 e. The maximum absolute atomic E-state index is 11.1. The van der Waals surface area contributed by atoms with Gasteiger partial charge in [0.1, 0.15) is 0 Å². The molecule has 0 saturated heterocycles. The normalized spacial score (nSPS) is 11.8. The first-order chi connectivity index (χ1) is 6.64. The van der Waals surface area contributed by atoms with Crippen LogP contribution in [-0.4, -0.2) is 36.4 Å². The second-order valence-electron chi connectivity index (χ2n) is 2.67. The Labute approximate surface area is 88.1 Å². The van der Waals surface area contributed by atoms with Gasteiger partial charge in [0.05, 0.1) is 12.3 Å². The molecular formula is C7H12ClN3O2S. The molecule has 0 bridgehead atoms. The zero-order valence-corrected chi connectivity index (χ0v) is 9.13. The SMILES string of the molecule is O=S(=O)(CCCl)NCCn1cccn1. The minimum atomic E-state index is -3.21. The molecule has 1 N–H and O–H groups in total. The predicted octanol–water partition coefficient (Wildman–Crippen LogP) is 0.0413. The molecule has 0 saturated carbocycles. The van der Waals surface area contributed by atoms with Gasteiger partial charge in [0.25, 0.3) is 0 Å². The average molecular weight is 238 g/mol. The molecular weight excluding hydrogens is 226 g/mol. The van der Waals surface area contributed by atoms with Crippen LogP contribution < -0.4 is 4.72 Å². The summed E-state index contributed by atoms with van der Waals surface area (Å²) in [5.41, 5.74) is 0. The maximum atomic E-state index is 11.1. The molecule has 14 heavy (non-hydrogen) atoms. The lowest BCUT2D eigenvalue weighted by Crippen LogP contribution is -2.30. The molecule has 0 radical (unpaired) electrons. The summed E-state index contributed by atoms with van der Waals surface area (Å²) in [4.78, 5) is 0. The summed E-state index contributed by atoms with van der Waals surface area (Å²) in [5.74, 6) is 0.0603. The van der Waals surface area contributed by atoms with Crippen molar-refractivity contribution in [3.05, 3.63) is 18.5 Å². The van der Waals surface area contributed by atoms with Crippen LogP contribution in [0.3, 0.4) is 0 Å². The van der Waals surface area contributed by atoms with Crippen LogP contribution in [0.2, 0.25) is 0 Å². The van der Waals surface area contributed by atoms with Gasteiger partial charge in [0.2, 0.25) is 10.0 Å². The van der Waals surface area contributed by atoms with Crippen molar-refractivity contribution in [1.82, 2.24) is 14.5 Å². The zero-order chi connectivity index (χ0) is 10.4. The zero-order valence-electron chi connectivity index (χ0n) is 7.56. The van der Waals surface area contributed by atoms with Gasteiger partial charge in [0, 0.05) is 24.8 Å². The fourth-order valence-corrected chi connectivity index (χ4v) is 2.28. The highest BCUT2D eigenvalue weighted by Gasteiger charge is 2.07. The van der Waals surface area contributed by atoms with Gasteiger partial charge in [-0.15, -0.1) is 11.6 Å². The summed E-state index contributed by atoms with van der Waals surface area (Å²) in [6.07, 6.45) is 3.42. The monoisotopic (exact) mass is 237 g/mol. The van der Waals surface area contributed by atoms with Crippen LogP contribution >= 0.6 is 11.6 Å². The number of hydrogen-bond donors (Lipinski definition) is 1. The van der Waals surface area contributed by atoms with Crippen LogP contribution in [0.4, 0.5) is 0 Å². The van der Waals surface area contributed by atoms with E-state index in [-0.39, 0.29) is 11.6 Å². The summed E-state index contributed by atoms with van der Waals surface area (Å²) >= 11 is 5.33. The number of nitrogens with one attached hydrogen (secondary N) is 1. The van der Waals surface area contributed by atoms with E-state index in [0.29, 0.717) is 13.1 Å². The Hall–Kier alpha value is -0.590. The molecule has 0 atom stereocenters. The molecule has 1 aromatic heterocycles. The van der Waals surface area contributed by atoms with E-state index in [4.69, 9.17) is 11.6 Å². The van der Waals surface area contributed by atoms with E-state index in [1.165, 1.54) is 0 Å². The number of aromatic nitrogens is 2. The van der Waals surface area contributed by atoms with Crippen LogP contribution in [0, 0.1) is 0 Å². The Morgan fingerprint density at radius 3 is 2.86 bits per heavy atom. The van der Waals surface area contributed by atoms with E-state index < -0.39 is 10.0 Å². The van der Waals surface area contributed by atoms with Crippen molar-refractivity contribution >= 4 is 21.6 Å². The Kier molecular flexibility index (Phi) is 4.37. The first-order valence-corrected chi connectivity index (χ1v) is 6.33. The fraction of sp³-hybridized carbons (Fsp3) is 0.571. The highest BCUT2D eigenvalue weighted by molar-refractivity contribution is 7.89. The fourth-order valence-electron chi connectivity index (χ4n) is 0.922. The molecule has 5 nitrogen and oxygen atoms in total. The van der Waals surface area contributed by atoms with Crippen LogP contribution in [-0.2, 0) is 16.6 Å². The quantitative estimate of drug-likeness (QED) is 0.711. The third-order valence-corrected chi connectivity index (χ3v) is 3.37. The third kappa shape index (κ3) is 4.08. The smallest absolute Gasteiger partial charge is 0.212 e. The van der Waals surface area contributed by atoms with Gasteiger partial charge in [0.15, 0.2) is 0 Å². The van der Waals surface area contributed by atoms with Gasteiger partial charge in [-0.2, -0.15) is 5.10 Å². The molecule has 1 rings (SSSR count). The van der Waals surface area contributed by atoms with Crippen LogP contribution in [0.25, 0.3) is 0 Å². The van der Waals surface area contributed by atoms with Crippen LogP contribution in [0.15, 0.2) is 18.5 Å². The molecule has 0 aliphatic heterocycles. The Balaban J connectivity index is 2.28. The molecule has 1 heterocycles. The molecule has 0 aromatic carbocycles. The van der Waals surface area contributed by atoms with Gasteiger partial charge in [-0.3, -0.25) is 4.68 Å². The summed E-state index contributed by atoms with van der Waals surface area (Å²) in [5, 5.41) is 3.94. The predicted molar refractivity (Wildman–Crippen MR) is 54.7 cm³/mol. The van der Waals surface area contributed by atoms with E-state index in [1.807, 2.05) is 0 Å². The molecule has 80 valence electrons. The minimum Gasteiger partial charge on any atom is -0.271 e. The Morgan fingerprint density at radius 1 is 1.50 bits per heavy atom. The molecule has 0 aliphatic rings. The van der Waals surface area contributed by atoms with Crippen molar-refractivity contribution in [2.24, 2.45) is 0 Å². The molecule has 0 amide bonds. The van der Waals surface area contributed by atoms with E-state index in [1.54, 1.807) is 23.1 Å². The Bertz CT molecular complexity index is 349. The largest absolute Gasteiger partial charge is 0.271 e. The first-order valence-electron chi connectivity index (χ1n) is 4.15. The lowest BCUT2D eigenvalue weighted by Gasteiger charge is -2.04. The Morgan fingerprint density at radius 2 is 2.29 bits per heavy atom. The number of sulfonamides is 1. The van der Waals surface area contributed by atoms with Crippen molar-refractivity contribution in [1.29, 1.82) is 0 Å². The second kappa shape index (κ2) is 5.33.